The molecule has 0 saturated heterocycles. The van der Waals surface area contributed by atoms with Crippen molar-refractivity contribution in [3.63, 3.8) is 0 Å². The van der Waals surface area contributed by atoms with E-state index >= 15 is 0 Å². The molecular formula is C16H24O4Si. The van der Waals surface area contributed by atoms with E-state index in [1.165, 1.54) is 0 Å². The van der Waals surface area contributed by atoms with Gasteiger partial charge >= 0.3 is 5.97 Å². The van der Waals surface area contributed by atoms with E-state index in [9.17, 15) is 9.59 Å². The molecule has 0 saturated carbocycles. The maximum atomic E-state index is 11.8. The van der Waals surface area contributed by atoms with Gasteiger partial charge in [0, 0.05) is 5.56 Å². The van der Waals surface area contributed by atoms with Crippen LogP contribution in [0.1, 0.15) is 31.1 Å². The molecule has 0 atom stereocenters. The lowest BCUT2D eigenvalue weighted by Gasteiger charge is -2.36. The van der Waals surface area contributed by atoms with Gasteiger partial charge < -0.3 is 9.16 Å². The van der Waals surface area contributed by atoms with Crippen molar-refractivity contribution in [3.8, 4) is 0 Å². The predicted molar refractivity (Wildman–Crippen MR) is 84.9 cm³/mol. The summed E-state index contributed by atoms with van der Waals surface area (Å²) in [5.74, 6) is -1.46. The van der Waals surface area contributed by atoms with Crippen molar-refractivity contribution in [2.45, 2.75) is 38.9 Å². The van der Waals surface area contributed by atoms with Gasteiger partial charge in [-0.15, -0.1) is 0 Å². The second-order valence-electron chi connectivity index (χ2n) is 6.44. The molecule has 0 aromatic heterocycles. The van der Waals surface area contributed by atoms with Crippen LogP contribution in [0.3, 0.4) is 0 Å². The third-order valence-corrected chi connectivity index (χ3v) is 8.35. The molecule has 0 spiro atoms. The maximum Gasteiger partial charge on any atom is 0.379 e. The zero-order valence-electron chi connectivity index (χ0n) is 13.4. The number of carbonyl (C=O) groups is 2. The molecule has 0 aliphatic rings. The zero-order chi connectivity index (χ0) is 16.1. The fraction of sp³-hybridized carbons (Fsp3) is 0.500. The largest absolute Gasteiger partial charge is 0.457 e. The molecular weight excluding hydrogens is 284 g/mol. The van der Waals surface area contributed by atoms with Gasteiger partial charge in [-0.2, -0.15) is 0 Å². The fourth-order valence-corrected chi connectivity index (χ4v) is 2.45. The summed E-state index contributed by atoms with van der Waals surface area (Å²) in [6.45, 7) is 11.1. The second-order valence-corrected chi connectivity index (χ2v) is 11.2. The van der Waals surface area contributed by atoms with E-state index in [4.69, 9.17) is 9.16 Å². The van der Waals surface area contributed by atoms with E-state index < -0.39 is 20.1 Å². The molecule has 0 radical (unpaired) electrons. The molecule has 0 unspecified atom stereocenters. The molecule has 0 fully saturated rings. The summed E-state index contributed by atoms with van der Waals surface area (Å²) in [5, 5.41) is 0.108. The summed E-state index contributed by atoms with van der Waals surface area (Å²) in [7, 11) is -1.84. The lowest BCUT2D eigenvalue weighted by molar-refractivity contribution is -0.138. The van der Waals surface area contributed by atoms with Crippen LogP contribution in [0, 0.1) is 0 Å². The van der Waals surface area contributed by atoms with E-state index in [1.54, 1.807) is 30.3 Å². The van der Waals surface area contributed by atoms with Gasteiger partial charge in [0.25, 0.3) is 5.78 Å². The average Bonchev–Trinajstić information content (AvgIpc) is 2.42. The summed E-state index contributed by atoms with van der Waals surface area (Å²) >= 11 is 0. The highest BCUT2D eigenvalue weighted by atomic mass is 28.4. The van der Waals surface area contributed by atoms with Crippen molar-refractivity contribution in [1.29, 1.82) is 0 Å². The van der Waals surface area contributed by atoms with E-state index in [0.29, 0.717) is 12.2 Å². The van der Waals surface area contributed by atoms with Crippen LogP contribution in [0.15, 0.2) is 30.3 Å². The van der Waals surface area contributed by atoms with Gasteiger partial charge in [0.2, 0.25) is 0 Å². The first-order chi connectivity index (χ1) is 9.65. The second kappa shape index (κ2) is 7.00. The quantitative estimate of drug-likeness (QED) is 0.266. The summed E-state index contributed by atoms with van der Waals surface area (Å²) in [4.78, 5) is 23.4. The summed E-state index contributed by atoms with van der Waals surface area (Å²) in [6, 6.07) is 8.39. The van der Waals surface area contributed by atoms with E-state index in [0.717, 1.165) is 0 Å². The zero-order valence-corrected chi connectivity index (χ0v) is 14.4. The number of rotatable bonds is 6. The molecule has 0 aliphatic carbocycles. The fourth-order valence-electron chi connectivity index (χ4n) is 1.42. The molecule has 21 heavy (non-hydrogen) atoms. The lowest BCUT2D eigenvalue weighted by Crippen LogP contribution is -2.41. The van der Waals surface area contributed by atoms with Gasteiger partial charge in [-0.3, -0.25) is 4.79 Å². The number of hydrogen-bond donors (Lipinski definition) is 0. The van der Waals surface area contributed by atoms with Crippen LogP contribution in [0.4, 0.5) is 0 Å². The van der Waals surface area contributed by atoms with Crippen LogP contribution in [0.5, 0.6) is 0 Å². The molecule has 4 nitrogen and oxygen atoms in total. The Morgan fingerprint density at radius 3 is 2.14 bits per heavy atom. The lowest BCUT2D eigenvalue weighted by atomic mass is 10.1. The Morgan fingerprint density at radius 1 is 1.05 bits per heavy atom. The third-order valence-electron chi connectivity index (χ3n) is 3.81. The number of hydrogen-bond acceptors (Lipinski definition) is 4. The van der Waals surface area contributed by atoms with Crippen molar-refractivity contribution in [2.24, 2.45) is 0 Å². The Balaban J connectivity index is 2.40. The Labute approximate surface area is 127 Å². The Kier molecular flexibility index (Phi) is 5.86. The van der Waals surface area contributed by atoms with Crippen molar-refractivity contribution in [1.82, 2.24) is 0 Å². The Morgan fingerprint density at radius 2 is 1.62 bits per heavy atom. The Hall–Kier alpha value is -1.46. The van der Waals surface area contributed by atoms with Crippen molar-refractivity contribution < 1.29 is 18.8 Å². The molecule has 116 valence electrons. The van der Waals surface area contributed by atoms with Gasteiger partial charge in [-0.05, 0) is 18.1 Å². The molecule has 1 rings (SSSR count). The van der Waals surface area contributed by atoms with Gasteiger partial charge in [-0.25, -0.2) is 4.79 Å². The first kappa shape index (κ1) is 17.6. The minimum Gasteiger partial charge on any atom is -0.457 e. The van der Waals surface area contributed by atoms with Gasteiger partial charge in [0.15, 0.2) is 8.32 Å². The van der Waals surface area contributed by atoms with Gasteiger partial charge in [0.1, 0.15) is 6.61 Å². The molecule has 0 aliphatic heterocycles. The maximum absolute atomic E-state index is 11.8. The standard InChI is InChI=1S/C16H24O4Si/c1-16(2,3)21(4,5)20-12-11-19-15(18)14(17)13-9-7-6-8-10-13/h6-10H,11-12H2,1-5H3. The first-order valence-electron chi connectivity index (χ1n) is 7.05. The van der Waals surface area contributed by atoms with E-state index in [2.05, 4.69) is 33.9 Å². The highest BCUT2D eigenvalue weighted by Crippen LogP contribution is 2.36. The number of benzene rings is 1. The van der Waals surface area contributed by atoms with Crippen molar-refractivity contribution in [2.75, 3.05) is 13.2 Å². The molecule has 0 amide bonds. The molecule has 0 N–H and O–H groups in total. The third kappa shape index (κ3) is 5.10. The van der Waals surface area contributed by atoms with Crippen LogP contribution in [-0.4, -0.2) is 33.3 Å². The van der Waals surface area contributed by atoms with Gasteiger partial charge in [-0.1, -0.05) is 51.1 Å². The highest BCUT2D eigenvalue weighted by molar-refractivity contribution is 6.74. The van der Waals surface area contributed by atoms with Crippen molar-refractivity contribution in [3.05, 3.63) is 35.9 Å². The monoisotopic (exact) mass is 308 g/mol. The number of carbonyl (C=O) groups excluding carboxylic acids is 2. The predicted octanol–water partition coefficient (Wildman–Crippen LogP) is 3.43. The SMILES string of the molecule is CC(C)(C)[Si](C)(C)OCCOC(=O)C(=O)c1ccccc1. The minimum atomic E-state index is -1.84. The number of esters is 1. The van der Waals surface area contributed by atoms with E-state index in [1.807, 2.05) is 0 Å². The van der Waals surface area contributed by atoms with Crippen LogP contribution in [0.2, 0.25) is 18.1 Å². The molecule has 1 aromatic rings. The average molecular weight is 308 g/mol. The van der Waals surface area contributed by atoms with Crippen LogP contribution in [-0.2, 0) is 14.0 Å². The van der Waals surface area contributed by atoms with Crippen LogP contribution < -0.4 is 0 Å². The number of ether oxygens (including phenoxy) is 1. The topological polar surface area (TPSA) is 52.6 Å². The summed E-state index contributed by atoms with van der Waals surface area (Å²) < 4.78 is 10.9. The van der Waals surface area contributed by atoms with Crippen LogP contribution in [0.25, 0.3) is 0 Å². The molecule has 5 heteroatoms. The smallest absolute Gasteiger partial charge is 0.379 e. The first-order valence-corrected chi connectivity index (χ1v) is 9.96. The Bertz CT molecular complexity index is 489. The molecule has 0 bridgehead atoms. The van der Waals surface area contributed by atoms with Crippen molar-refractivity contribution >= 4 is 20.1 Å². The number of ketones is 1. The molecule has 1 aromatic carbocycles. The van der Waals surface area contributed by atoms with Crippen LogP contribution >= 0.6 is 0 Å². The summed E-state index contributed by atoms with van der Waals surface area (Å²) in [6.07, 6.45) is 0. The molecule has 0 heterocycles. The van der Waals surface area contributed by atoms with E-state index in [-0.39, 0.29) is 11.6 Å². The minimum absolute atomic E-state index is 0.101. The van der Waals surface area contributed by atoms with Gasteiger partial charge in [0.05, 0.1) is 6.61 Å². The normalized spacial score (nSPS) is 12.0. The number of Topliss-reactive ketones (excluding diaryl/α,β-unsaturated/α-hetero) is 1. The highest BCUT2D eigenvalue weighted by Gasteiger charge is 2.37. The summed E-state index contributed by atoms with van der Waals surface area (Å²) in [5.41, 5.74) is 0.341.